The summed E-state index contributed by atoms with van der Waals surface area (Å²) in [4.78, 5) is 0. The van der Waals surface area contributed by atoms with Gasteiger partial charge in [0.25, 0.3) is 0 Å². The van der Waals surface area contributed by atoms with Crippen molar-refractivity contribution < 1.29 is 0 Å². The molecule has 2 nitrogen and oxygen atoms in total. The molecule has 2 heteroatoms. The number of hydrogen-bond donors (Lipinski definition) is 2. The van der Waals surface area contributed by atoms with Gasteiger partial charge < -0.3 is 10.6 Å². The lowest BCUT2D eigenvalue weighted by Crippen LogP contribution is -2.26. The van der Waals surface area contributed by atoms with Crippen molar-refractivity contribution >= 4 is 5.69 Å². The molecule has 1 aliphatic rings. The van der Waals surface area contributed by atoms with Gasteiger partial charge in [0.15, 0.2) is 0 Å². The van der Waals surface area contributed by atoms with E-state index in [1.165, 1.54) is 29.7 Å². The van der Waals surface area contributed by atoms with Gasteiger partial charge in [0.05, 0.1) is 0 Å². The topological polar surface area (TPSA) is 24.1 Å². The van der Waals surface area contributed by atoms with E-state index < -0.39 is 0 Å². The third kappa shape index (κ3) is 2.38. The Balaban J connectivity index is 2.20. The Morgan fingerprint density at radius 1 is 1.31 bits per heavy atom. The van der Waals surface area contributed by atoms with Crippen molar-refractivity contribution in [3.05, 3.63) is 29.3 Å². The molecule has 0 fully saturated rings. The van der Waals surface area contributed by atoms with E-state index in [-0.39, 0.29) is 0 Å². The molecule has 0 unspecified atom stereocenters. The third-order valence-corrected chi connectivity index (χ3v) is 3.49. The van der Waals surface area contributed by atoms with Gasteiger partial charge >= 0.3 is 0 Å². The Morgan fingerprint density at radius 2 is 2.12 bits per heavy atom. The predicted octanol–water partition coefficient (Wildman–Crippen LogP) is 2.93. The smallest absolute Gasteiger partial charge is 0.0378 e. The lowest BCUT2D eigenvalue weighted by Gasteiger charge is -2.24. The molecule has 0 amide bonds. The maximum absolute atomic E-state index is 3.68. The average molecular weight is 218 g/mol. The lowest BCUT2D eigenvalue weighted by molar-refractivity contribution is 0.637. The van der Waals surface area contributed by atoms with Crippen LogP contribution in [0.15, 0.2) is 18.2 Å². The standard InChI is InChI=1S/C14H22N2/c1-3-12(4-2)16-14-7-5-6-11-10-15-9-8-13(11)14/h5-7,12,15-16H,3-4,8-10H2,1-2H3. The van der Waals surface area contributed by atoms with Gasteiger partial charge in [-0.25, -0.2) is 0 Å². The molecule has 0 saturated carbocycles. The maximum atomic E-state index is 3.68. The lowest BCUT2D eigenvalue weighted by atomic mass is 9.98. The minimum atomic E-state index is 0.612. The number of rotatable bonds is 4. The Hall–Kier alpha value is -1.02. The van der Waals surface area contributed by atoms with Crippen molar-refractivity contribution in [3.8, 4) is 0 Å². The molecule has 0 atom stereocenters. The number of fused-ring (bicyclic) bond motifs is 1. The Morgan fingerprint density at radius 3 is 2.88 bits per heavy atom. The van der Waals surface area contributed by atoms with Gasteiger partial charge in [-0.05, 0) is 43.0 Å². The highest BCUT2D eigenvalue weighted by Gasteiger charge is 2.13. The molecule has 0 aromatic heterocycles. The molecule has 1 aromatic carbocycles. The highest BCUT2D eigenvalue weighted by atomic mass is 14.9. The van der Waals surface area contributed by atoms with Crippen LogP contribution in [0.5, 0.6) is 0 Å². The molecule has 0 aliphatic carbocycles. The fourth-order valence-electron chi connectivity index (χ4n) is 2.38. The Labute approximate surface area is 98.4 Å². The zero-order valence-corrected chi connectivity index (χ0v) is 10.3. The predicted molar refractivity (Wildman–Crippen MR) is 69.8 cm³/mol. The van der Waals surface area contributed by atoms with E-state index in [1.54, 1.807) is 0 Å². The molecule has 1 aromatic rings. The molecular weight excluding hydrogens is 196 g/mol. The van der Waals surface area contributed by atoms with E-state index in [1.807, 2.05) is 0 Å². The number of nitrogens with one attached hydrogen (secondary N) is 2. The SMILES string of the molecule is CCC(CC)Nc1cccc2c1CCNC2. The molecule has 0 bridgehead atoms. The summed E-state index contributed by atoms with van der Waals surface area (Å²) < 4.78 is 0. The average Bonchev–Trinajstić information content (AvgIpc) is 2.36. The van der Waals surface area contributed by atoms with E-state index in [4.69, 9.17) is 0 Å². The summed E-state index contributed by atoms with van der Waals surface area (Å²) in [5.41, 5.74) is 4.34. The Kier molecular flexibility index (Phi) is 3.83. The summed E-state index contributed by atoms with van der Waals surface area (Å²) >= 11 is 0. The summed E-state index contributed by atoms with van der Waals surface area (Å²) in [5.74, 6) is 0. The van der Waals surface area contributed by atoms with Crippen LogP contribution in [0.1, 0.15) is 37.8 Å². The van der Waals surface area contributed by atoms with E-state index in [0.717, 1.165) is 19.5 Å². The van der Waals surface area contributed by atoms with Crippen LogP contribution in [0.25, 0.3) is 0 Å². The number of hydrogen-bond acceptors (Lipinski definition) is 2. The van der Waals surface area contributed by atoms with Crippen molar-refractivity contribution in [2.45, 2.75) is 45.7 Å². The second-order valence-electron chi connectivity index (χ2n) is 4.53. The fourth-order valence-corrected chi connectivity index (χ4v) is 2.38. The minimum absolute atomic E-state index is 0.612. The van der Waals surface area contributed by atoms with Gasteiger partial charge in [0, 0.05) is 18.3 Å². The Bertz CT molecular complexity index is 343. The summed E-state index contributed by atoms with van der Waals surface area (Å²) in [6.45, 7) is 6.62. The van der Waals surface area contributed by atoms with Crippen LogP contribution in [0.2, 0.25) is 0 Å². The van der Waals surface area contributed by atoms with Crippen LogP contribution in [0.3, 0.4) is 0 Å². The van der Waals surface area contributed by atoms with Gasteiger partial charge in [-0.3, -0.25) is 0 Å². The number of anilines is 1. The van der Waals surface area contributed by atoms with Gasteiger partial charge in [0.1, 0.15) is 0 Å². The first-order valence-electron chi connectivity index (χ1n) is 6.43. The summed E-state index contributed by atoms with van der Waals surface area (Å²) in [6, 6.07) is 7.24. The highest BCUT2D eigenvalue weighted by molar-refractivity contribution is 5.56. The van der Waals surface area contributed by atoms with Crippen LogP contribution in [0, 0.1) is 0 Å². The normalized spacial score (nSPS) is 14.9. The third-order valence-electron chi connectivity index (χ3n) is 3.49. The van der Waals surface area contributed by atoms with Gasteiger partial charge in [-0.1, -0.05) is 26.0 Å². The highest BCUT2D eigenvalue weighted by Crippen LogP contribution is 2.24. The molecule has 0 radical (unpaired) electrons. The van der Waals surface area contributed by atoms with Crippen LogP contribution in [-0.4, -0.2) is 12.6 Å². The quantitative estimate of drug-likeness (QED) is 0.812. The first-order chi connectivity index (χ1) is 7.85. The molecule has 16 heavy (non-hydrogen) atoms. The zero-order chi connectivity index (χ0) is 11.4. The van der Waals surface area contributed by atoms with Crippen molar-refractivity contribution in [3.63, 3.8) is 0 Å². The van der Waals surface area contributed by atoms with Gasteiger partial charge in [-0.2, -0.15) is 0 Å². The van der Waals surface area contributed by atoms with E-state index in [2.05, 4.69) is 42.7 Å². The zero-order valence-electron chi connectivity index (χ0n) is 10.3. The van der Waals surface area contributed by atoms with Crippen molar-refractivity contribution in [1.82, 2.24) is 5.32 Å². The van der Waals surface area contributed by atoms with Crippen molar-refractivity contribution in [1.29, 1.82) is 0 Å². The van der Waals surface area contributed by atoms with E-state index >= 15 is 0 Å². The van der Waals surface area contributed by atoms with E-state index in [9.17, 15) is 0 Å². The van der Waals surface area contributed by atoms with Crippen molar-refractivity contribution in [2.24, 2.45) is 0 Å². The molecular formula is C14H22N2. The molecule has 2 rings (SSSR count). The van der Waals surface area contributed by atoms with Crippen LogP contribution >= 0.6 is 0 Å². The first kappa shape index (κ1) is 11.5. The van der Waals surface area contributed by atoms with Crippen LogP contribution < -0.4 is 10.6 Å². The van der Waals surface area contributed by atoms with Gasteiger partial charge in [0.2, 0.25) is 0 Å². The molecule has 0 saturated heterocycles. The molecule has 1 heterocycles. The van der Waals surface area contributed by atoms with Crippen LogP contribution in [-0.2, 0) is 13.0 Å². The molecule has 0 spiro atoms. The summed E-state index contributed by atoms with van der Waals surface area (Å²) in [7, 11) is 0. The minimum Gasteiger partial charge on any atom is -0.382 e. The summed E-state index contributed by atoms with van der Waals surface area (Å²) in [5, 5.41) is 7.10. The fraction of sp³-hybridized carbons (Fsp3) is 0.571. The summed E-state index contributed by atoms with van der Waals surface area (Å²) in [6.07, 6.45) is 3.54. The first-order valence-corrected chi connectivity index (χ1v) is 6.43. The van der Waals surface area contributed by atoms with Crippen LogP contribution in [0.4, 0.5) is 5.69 Å². The van der Waals surface area contributed by atoms with Crippen molar-refractivity contribution in [2.75, 3.05) is 11.9 Å². The molecule has 88 valence electrons. The maximum Gasteiger partial charge on any atom is 0.0378 e. The number of benzene rings is 1. The molecule has 2 N–H and O–H groups in total. The van der Waals surface area contributed by atoms with E-state index in [0.29, 0.717) is 6.04 Å². The monoisotopic (exact) mass is 218 g/mol. The second-order valence-corrected chi connectivity index (χ2v) is 4.53. The second kappa shape index (κ2) is 5.35. The van der Waals surface area contributed by atoms with Gasteiger partial charge in [-0.15, -0.1) is 0 Å². The largest absolute Gasteiger partial charge is 0.382 e. The molecule has 1 aliphatic heterocycles.